The van der Waals surface area contributed by atoms with Crippen LogP contribution in [0, 0.1) is 5.92 Å². The van der Waals surface area contributed by atoms with Gasteiger partial charge in [0, 0.05) is 23.9 Å². The molecular formula is C10H14N2. The van der Waals surface area contributed by atoms with Crippen LogP contribution < -0.4 is 0 Å². The maximum Gasteiger partial charge on any atom is 0.0494 e. The minimum atomic E-state index is 0.429. The molecule has 12 heavy (non-hydrogen) atoms. The Kier molecular flexibility index (Phi) is 1.25. The minimum Gasteiger partial charge on any atom is -0.293 e. The van der Waals surface area contributed by atoms with E-state index >= 15 is 0 Å². The Balaban J connectivity index is 1.84. The van der Waals surface area contributed by atoms with Gasteiger partial charge in [0.05, 0.1) is 0 Å². The van der Waals surface area contributed by atoms with Crippen LogP contribution in [-0.4, -0.2) is 29.7 Å². The number of rotatable bonds is 1. The fourth-order valence-electron chi connectivity index (χ4n) is 2.59. The third kappa shape index (κ3) is 0.761. The highest BCUT2D eigenvalue weighted by atomic mass is 15.3. The van der Waals surface area contributed by atoms with Crippen LogP contribution in [0.25, 0.3) is 0 Å². The summed E-state index contributed by atoms with van der Waals surface area (Å²) in [7, 11) is 0. The molecule has 3 rings (SSSR count). The number of aliphatic imine (C=N–C) groups is 1. The summed E-state index contributed by atoms with van der Waals surface area (Å²) in [4.78, 5) is 6.82. The molecule has 2 unspecified atom stereocenters. The van der Waals surface area contributed by atoms with Crippen molar-refractivity contribution >= 4 is 6.21 Å². The lowest BCUT2D eigenvalue weighted by atomic mass is 10.1. The van der Waals surface area contributed by atoms with Gasteiger partial charge in [-0.3, -0.25) is 9.89 Å². The summed E-state index contributed by atoms with van der Waals surface area (Å²) in [5.41, 5.74) is 0.429. The van der Waals surface area contributed by atoms with E-state index in [1.807, 2.05) is 6.20 Å². The molecule has 2 heterocycles. The molecule has 0 radical (unpaired) electrons. The zero-order chi connectivity index (χ0) is 8.02. The Hall–Kier alpha value is -0.630. The second kappa shape index (κ2) is 2.19. The Labute approximate surface area is 73.0 Å². The van der Waals surface area contributed by atoms with E-state index in [0.717, 1.165) is 5.92 Å². The maximum atomic E-state index is 4.18. The molecule has 0 aromatic carbocycles. The zero-order valence-corrected chi connectivity index (χ0v) is 7.24. The highest BCUT2D eigenvalue weighted by Gasteiger charge is 2.56. The van der Waals surface area contributed by atoms with Gasteiger partial charge in [-0.25, -0.2) is 0 Å². The first kappa shape index (κ1) is 6.84. The summed E-state index contributed by atoms with van der Waals surface area (Å²) in [5.74, 6) is 0.737. The van der Waals surface area contributed by atoms with Crippen LogP contribution in [0.5, 0.6) is 0 Å². The van der Waals surface area contributed by atoms with Crippen LogP contribution in [0.15, 0.2) is 17.3 Å². The second-order valence-electron chi connectivity index (χ2n) is 4.11. The van der Waals surface area contributed by atoms with E-state index in [4.69, 9.17) is 0 Å². The monoisotopic (exact) mass is 162 g/mol. The molecule has 1 saturated carbocycles. The largest absolute Gasteiger partial charge is 0.293 e. The fraction of sp³-hybridized carbons (Fsp3) is 0.700. The van der Waals surface area contributed by atoms with Crippen LogP contribution in [0.2, 0.25) is 0 Å². The van der Waals surface area contributed by atoms with Crippen molar-refractivity contribution in [2.24, 2.45) is 10.9 Å². The van der Waals surface area contributed by atoms with Crippen LogP contribution in [0.4, 0.5) is 0 Å². The van der Waals surface area contributed by atoms with Crippen LogP contribution in [0.3, 0.4) is 0 Å². The molecule has 0 aromatic heterocycles. The van der Waals surface area contributed by atoms with Crippen molar-refractivity contribution in [3.05, 3.63) is 12.3 Å². The van der Waals surface area contributed by atoms with Crippen LogP contribution in [-0.2, 0) is 0 Å². The lowest BCUT2D eigenvalue weighted by molar-refractivity contribution is 0.258. The topological polar surface area (TPSA) is 15.6 Å². The SMILES string of the molecule is C1=CC2(N3CCCC3)CC2C=N1. The lowest BCUT2D eigenvalue weighted by Crippen LogP contribution is -2.35. The fourth-order valence-corrected chi connectivity index (χ4v) is 2.59. The van der Waals surface area contributed by atoms with E-state index < -0.39 is 0 Å². The van der Waals surface area contributed by atoms with E-state index in [1.54, 1.807) is 0 Å². The van der Waals surface area contributed by atoms with Crippen molar-refractivity contribution in [2.45, 2.75) is 24.8 Å². The van der Waals surface area contributed by atoms with Gasteiger partial charge in [0.1, 0.15) is 0 Å². The standard InChI is InChI=1S/C10H14N2/c1-2-6-12(5-1)10-3-4-11-8-9(10)7-10/h3-4,8-9H,1-2,5-7H2. The summed E-state index contributed by atoms with van der Waals surface area (Å²) >= 11 is 0. The molecule has 2 atom stereocenters. The van der Waals surface area contributed by atoms with Gasteiger partial charge < -0.3 is 0 Å². The van der Waals surface area contributed by atoms with Gasteiger partial charge in [-0.15, -0.1) is 0 Å². The summed E-state index contributed by atoms with van der Waals surface area (Å²) in [6.07, 6.45) is 10.5. The predicted octanol–water partition coefficient (Wildman–Crippen LogP) is 1.44. The van der Waals surface area contributed by atoms with Crippen LogP contribution in [0.1, 0.15) is 19.3 Å². The molecule has 0 N–H and O–H groups in total. The molecule has 0 spiro atoms. The van der Waals surface area contributed by atoms with Crippen LogP contribution >= 0.6 is 0 Å². The third-order valence-electron chi connectivity index (χ3n) is 3.44. The molecule has 2 nitrogen and oxygen atoms in total. The van der Waals surface area contributed by atoms with Gasteiger partial charge in [0.2, 0.25) is 0 Å². The van der Waals surface area contributed by atoms with Gasteiger partial charge in [-0.05, 0) is 38.4 Å². The Bertz CT molecular complexity index is 251. The van der Waals surface area contributed by atoms with E-state index in [0.29, 0.717) is 5.54 Å². The second-order valence-corrected chi connectivity index (χ2v) is 4.11. The molecular weight excluding hydrogens is 148 g/mol. The highest BCUT2D eigenvalue weighted by molar-refractivity contribution is 5.71. The molecule has 1 aliphatic carbocycles. The molecule has 2 fully saturated rings. The van der Waals surface area contributed by atoms with Gasteiger partial charge in [0.15, 0.2) is 0 Å². The number of likely N-dealkylation sites (tertiary alicyclic amines) is 1. The van der Waals surface area contributed by atoms with Crippen molar-refractivity contribution in [3.8, 4) is 0 Å². The molecule has 0 bridgehead atoms. The summed E-state index contributed by atoms with van der Waals surface area (Å²) in [5, 5.41) is 0. The Morgan fingerprint density at radius 1 is 1.33 bits per heavy atom. The lowest BCUT2D eigenvalue weighted by Gasteiger charge is -2.25. The first-order valence-corrected chi connectivity index (χ1v) is 4.88. The zero-order valence-electron chi connectivity index (χ0n) is 7.24. The summed E-state index contributed by atoms with van der Waals surface area (Å²) < 4.78 is 0. The molecule has 1 saturated heterocycles. The van der Waals surface area contributed by atoms with Crippen molar-refractivity contribution in [1.82, 2.24) is 4.90 Å². The van der Waals surface area contributed by atoms with Crippen molar-refractivity contribution in [1.29, 1.82) is 0 Å². The number of nitrogens with zero attached hydrogens (tertiary/aromatic N) is 2. The van der Waals surface area contributed by atoms with Crippen molar-refractivity contribution < 1.29 is 0 Å². The normalized spacial score (nSPS) is 44.8. The summed E-state index contributed by atoms with van der Waals surface area (Å²) in [6, 6.07) is 0. The number of hydrogen-bond acceptors (Lipinski definition) is 2. The predicted molar refractivity (Wildman–Crippen MR) is 49.3 cm³/mol. The van der Waals surface area contributed by atoms with E-state index in [-0.39, 0.29) is 0 Å². The molecule has 2 heteroatoms. The smallest absolute Gasteiger partial charge is 0.0494 e. The molecule has 0 amide bonds. The molecule has 0 aromatic rings. The number of hydrogen-bond donors (Lipinski definition) is 0. The minimum absolute atomic E-state index is 0.429. The third-order valence-corrected chi connectivity index (χ3v) is 3.44. The quantitative estimate of drug-likeness (QED) is 0.569. The van der Waals surface area contributed by atoms with E-state index in [1.165, 1.54) is 32.4 Å². The maximum absolute atomic E-state index is 4.18. The Morgan fingerprint density at radius 2 is 2.17 bits per heavy atom. The van der Waals surface area contributed by atoms with E-state index in [2.05, 4.69) is 22.2 Å². The molecule has 64 valence electrons. The first-order valence-electron chi connectivity index (χ1n) is 4.88. The summed E-state index contributed by atoms with van der Waals surface area (Å²) in [6.45, 7) is 2.60. The van der Waals surface area contributed by atoms with Gasteiger partial charge in [0.25, 0.3) is 0 Å². The average molecular weight is 162 g/mol. The number of fused-ring (bicyclic) bond motifs is 1. The van der Waals surface area contributed by atoms with Gasteiger partial charge in [-0.2, -0.15) is 0 Å². The van der Waals surface area contributed by atoms with Gasteiger partial charge >= 0.3 is 0 Å². The highest BCUT2D eigenvalue weighted by Crippen LogP contribution is 2.51. The van der Waals surface area contributed by atoms with Crippen molar-refractivity contribution in [2.75, 3.05) is 13.1 Å². The van der Waals surface area contributed by atoms with Gasteiger partial charge in [-0.1, -0.05) is 0 Å². The average Bonchev–Trinajstić information content (AvgIpc) is 2.59. The van der Waals surface area contributed by atoms with E-state index in [9.17, 15) is 0 Å². The first-order chi connectivity index (χ1) is 5.92. The molecule has 2 aliphatic heterocycles. The van der Waals surface area contributed by atoms with Crippen molar-refractivity contribution in [3.63, 3.8) is 0 Å². The molecule has 3 aliphatic rings. The Morgan fingerprint density at radius 3 is 2.92 bits per heavy atom.